The van der Waals surface area contributed by atoms with Gasteiger partial charge in [0.2, 0.25) is 0 Å². The van der Waals surface area contributed by atoms with Crippen molar-refractivity contribution < 1.29 is 70.8 Å². The maximum Gasteiger partial charge on any atom is 0.446 e. The molecule has 0 spiro atoms. The minimum absolute atomic E-state index is 0.315. The summed E-state index contributed by atoms with van der Waals surface area (Å²) in [6.45, 7) is -2.84. The highest BCUT2D eigenvalue weighted by atomic mass is 32.2. The Bertz CT molecular complexity index is 1520. The van der Waals surface area contributed by atoms with E-state index in [9.17, 15) is 61.5 Å². The molecule has 2 N–H and O–H groups in total. The van der Waals surface area contributed by atoms with Crippen molar-refractivity contribution >= 4 is 32.6 Å². The molecule has 1 atom stereocenters. The number of hydrogen-bond acceptors (Lipinski definition) is 4. The van der Waals surface area contributed by atoms with Gasteiger partial charge in [0.15, 0.2) is 14.7 Å². The Morgan fingerprint density at radius 1 is 0.682 bits per heavy atom. The highest BCUT2D eigenvalue weighted by molar-refractivity contribution is 7.97. The average Bonchev–Trinajstić information content (AvgIpc) is 2.88. The predicted molar refractivity (Wildman–Crippen MR) is 133 cm³/mol. The Kier molecular flexibility index (Phi) is 9.58. The molecule has 0 aliphatic heterocycles. The van der Waals surface area contributed by atoms with Crippen LogP contribution >= 0.6 is 0 Å². The second kappa shape index (κ2) is 12.1. The number of rotatable bonds is 9. The van der Waals surface area contributed by atoms with Gasteiger partial charge >= 0.3 is 39.8 Å². The van der Waals surface area contributed by atoms with Crippen molar-refractivity contribution in [2.45, 2.75) is 38.5 Å². The van der Waals surface area contributed by atoms with Crippen molar-refractivity contribution in [2.24, 2.45) is 5.41 Å². The highest BCUT2D eigenvalue weighted by Gasteiger charge is 2.84. The summed E-state index contributed by atoms with van der Waals surface area (Å²) in [5.41, 5.74) is -6.48. The maximum absolute atomic E-state index is 13.6. The van der Waals surface area contributed by atoms with E-state index in [0.29, 0.717) is 14.7 Å². The predicted octanol–water partition coefficient (Wildman–Crippen LogP) is 7.25. The third kappa shape index (κ3) is 6.88. The normalized spacial score (nSPS) is 14.2. The third-order valence-corrected chi connectivity index (χ3v) is 8.95. The molecule has 0 fully saturated rings. The Labute approximate surface area is 243 Å². The van der Waals surface area contributed by atoms with Crippen molar-refractivity contribution in [1.29, 1.82) is 0 Å². The summed E-state index contributed by atoms with van der Waals surface area (Å²) < 4.78 is 180. The summed E-state index contributed by atoms with van der Waals surface area (Å²) in [5.74, 6) is -3.10. The van der Waals surface area contributed by atoms with E-state index < -0.39 is 68.5 Å². The summed E-state index contributed by atoms with van der Waals surface area (Å²) >= 11 is 0. The molecule has 0 heterocycles. The van der Waals surface area contributed by atoms with Gasteiger partial charge in [-0.1, -0.05) is 18.2 Å². The van der Waals surface area contributed by atoms with Crippen molar-refractivity contribution in [3.05, 3.63) is 78.9 Å². The Morgan fingerprint density at radius 2 is 1.09 bits per heavy atom. The lowest BCUT2D eigenvalue weighted by atomic mass is 9.86. The lowest BCUT2D eigenvalue weighted by Gasteiger charge is -2.38. The van der Waals surface area contributed by atoms with Crippen LogP contribution < -0.4 is 10.1 Å². The van der Waals surface area contributed by atoms with Crippen LogP contribution in [0.25, 0.3) is 0 Å². The molecule has 6 nitrogen and oxygen atoms in total. The van der Waals surface area contributed by atoms with Gasteiger partial charge in [0.1, 0.15) is 12.4 Å². The molecule has 0 saturated carbocycles. The molecule has 0 aliphatic carbocycles. The minimum Gasteiger partial charge on any atom is -0.492 e. The molecule has 0 aromatic heterocycles. The summed E-state index contributed by atoms with van der Waals surface area (Å²) in [7, 11) is -7.21. The van der Waals surface area contributed by atoms with Crippen LogP contribution in [0.4, 0.5) is 54.0 Å². The first-order chi connectivity index (χ1) is 20.0. The fourth-order valence-corrected chi connectivity index (χ4v) is 5.90. The van der Waals surface area contributed by atoms with Crippen LogP contribution in [0.3, 0.4) is 0 Å². The fraction of sp³-hybridized carbons (Fsp3) is 0.240. The van der Waals surface area contributed by atoms with E-state index in [1.165, 1.54) is 24.3 Å². The number of alkyl halides is 11. The summed E-state index contributed by atoms with van der Waals surface area (Å²) in [6, 6.07) is 17.0. The molecule has 1 unspecified atom stereocenters. The first-order valence-electron chi connectivity index (χ1n) is 11.5. The van der Waals surface area contributed by atoms with Crippen molar-refractivity contribution in [2.75, 3.05) is 11.9 Å². The molecule has 3 rings (SSSR count). The van der Waals surface area contributed by atoms with Crippen LogP contribution in [-0.2, 0) is 25.8 Å². The number of hydrogen-bond donors (Lipinski definition) is 2. The van der Waals surface area contributed by atoms with Crippen LogP contribution in [0.5, 0.6) is 5.75 Å². The number of nitrogens with one attached hydrogen (secondary N) is 1. The minimum atomic E-state index is -6.79. The smallest absolute Gasteiger partial charge is 0.446 e. The highest BCUT2D eigenvalue weighted by Crippen LogP contribution is 2.59. The van der Waals surface area contributed by atoms with Crippen molar-refractivity contribution in [3.63, 3.8) is 0 Å². The lowest BCUT2D eigenvalue weighted by Crippen LogP contribution is -2.62. The lowest BCUT2D eigenvalue weighted by molar-refractivity contribution is -0.431. The number of anilines is 1. The zero-order valence-electron chi connectivity index (χ0n) is 21.3. The van der Waals surface area contributed by atoms with E-state index in [4.69, 9.17) is 4.55 Å². The molecule has 19 heteroatoms. The van der Waals surface area contributed by atoms with Gasteiger partial charge in [0.25, 0.3) is 5.41 Å². The van der Waals surface area contributed by atoms with Crippen LogP contribution in [-0.4, -0.2) is 49.3 Å². The molecule has 3 aromatic carbocycles. The van der Waals surface area contributed by atoms with Gasteiger partial charge in [0.05, 0.1) is 10.9 Å². The van der Waals surface area contributed by atoms with Gasteiger partial charge in [-0.3, -0.25) is 9.35 Å². The number of benzene rings is 3. The summed E-state index contributed by atoms with van der Waals surface area (Å²) in [6.07, 6.45) is -20.4. The molecular weight excluding hydrogens is 667 g/mol. The zero-order valence-corrected chi connectivity index (χ0v) is 22.9. The molecule has 0 radical (unpaired) electrons. The summed E-state index contributed by atoms with van der Waals surface area (Å²) in [5, 5.41) is -3.54. The SMILES string of the molecule is O=C(Nc1ccc([S+](c2ccccc2)c2ccc(OCC(C(F)(F)F)(C(F)(F)F)C(F)(F)F)cc2)cc1)C(F)(F)S(=O)(=O)O. The number of ether oxygens (including phenoxy) is 1. The van der Waals surface area contributed by atoms with E-state index in [0.717, 1.165) is 24.3 Å². The molecule has 240 valence electrons. The van der Waals surface area contributed by atoms with Crippen LogP contribution in [0.15, 0.2) is 93.5 Å². The first-order valence-corrected chi connectivity index (χ1v) is 14.2. The molecular formula is C25H17F11NO5S2+. The maximum atomic E-state index is 13.6. The standard InChI is InChI=1S/C25H16F11NO5S2/c26-22(27,44(39,40)41)20(38)37-15-6-10-18(11-7-15)43(17-4-2-1-3-5-17)19-12-8-16(9-13-19)42-14-21(23(28,29)30,24(31,32)33)25(34,35)36/h1-13H,14H2,(H-,37,38,39,40,41)/p+1. The largest absolute Gasteiger partial charge is 0.492 e. The molecule has 1 amide bonds. The van der Waals surface area contributed by atoms with E-state index >= 15 is 0 Å². The fourth-order valence-electron chi connectivity index (χ4n) is 3.55. The first kappa shape index (κ1) is 34.9. The topological polar surface area (TPSA) is 92.7 Å². The number of carbonyl (C=O) groups excluding carboxylic acids is 1. The number of amides is 1. The van der Waals surface area contributed by atoms with E-state index in [-0.39, 0.29) is 5.69 Å². The van der Waals surface area contributed by atoms with E-state index in [2.05, 4.69) is 4.74 Å². The second-order valence-corrected chi connectivity index (χ2v) is 12.2. The second-order valence-electron chi connectivity index (χ2n) is 8.75. The van der Waals surface area contributed by atoms with Crippen LogP contribution in [0.2, 0.25) is 0 Å². The van der Waals surface area contributed by atoms with Gasteiger partial charge in [-0.15, -0.1) is 0 Å². The Balaban J connectivity index is 1.93. The third-order valence-electron chi connectivity index (χ3n) is 5.88. The van der Waals surface area contributed by atoms with Gasteiger partial charge in [-0.25, -0.2) is 0 Å². The van der Waals surface area contributed by atoms with E-state index in [1.54, 1.807) is 35.6 Å². The zero-order chi connectivity index (χ0) is 33.4. The van der Waals surface area contributed by atoms with Gasteiger partial charge in [0, 0.05) is 5.69 Å². The van der Waals surface area contributed by atoms with Gasteiger partial charge < -0.3 is 10.1 Å². The quantitative estimate of drug-likeness (QED) is 0.141. The summed E-state index contributed by atoms with van der Waals surface area (Å²) in [4.78, 5) is 13.0. The monoisotopic (exact) mass is 684 g/mol. The van der Waals surface area contributed by atoms with E-state index in [1.807, 2.05) is 0 Å². The molecule has 3 aromatic rings. The average molecular weight is 685 g/mol. The van der Waals surface area contributed by atoms with Crippen LogP contribution in [0, 0.1) is 5.41 Å². The molecule has 0 bridgehead atoms. The van der Waals surface area contributed by atoms with Gasteiger partial charge in [-0.2, -0.15) is 56.7 Å². The van der Waals surface area contributed by atoms with Crippen molar-refractivity contribution in [3.8, 4) is 5.75 Å². The number of halogens is 11. The Hall–Kier alpha value is -3.58. The molecule has 0 aliphatic rings. The molecule has 0 saturated heterocycles. The van der Waals surface area contributed by atoms with Gasteiger partial charge in [-0.05, 0) is 60.7 Å². The molecule has 44 heavy (non-hydrogen) atoms. The van der Waals surface area contributed by atoms with Crippen molar-refractivity contribution in [1.82, 2.24) is 0 Å². The number of carbonyl (C=O) groups is 1. The Morgan fingerprint density at radius 3 is 1.50 bits per heavy atom. The van der Waals surface area contributed by atoms with Crippen LogP contribution in [0.1, 0.15) is 0 Å².